The monoisotopic (exact) mass is 366 g/mol. The Morgan fingerprint density at radius 2 is 1.85 bits per heavy atom. The van der Waals surface area contributed by atoms with Crippen molar-refractivity contribution in [2.24, 2.45) is 0 Å². The molecule has 4 nitrogen and oxygen atoms in total. The maximum Gasteiger partial charge on any atom is 0.261 e. The molecule has 1 heterocycles. The van der Waals surface area contributed by atoms with Crippen molar-refractivity contribution < 1.29 is 9.53 Å². The lowest BCUT2D eigenvalue weighted by atomic mass is 10.1. The van der Waals surface area contributed by atoms with Gasteiger partial charge in [-0.05, 0) is 69.5 Å². The molecule has 1 unspecified atom stereocenters. The maximum absolute atomic E-state index is 12.4. The Balaban J connectivity index is 1.52. The topological polar surface area (TPSA) is 41.6 Å². The molecule has 0 spiro atoms. The molecule has 0 aromatic heterocycles. The largest absolute Gasteiger partial charge is 0.481 e. The highest BCUT2D eigenvalue weighted by Gasteiger charge is 2.16. The number of hydrogen-bond donors (Lipinski definition) is 1. The van der Waals surface area contributed by atoms with Gasteiger partial charge in [-0.3, -0.25) is 9.69 Å². The number of nitrogens with one attached hydrogen (secondary N) is 1. The number of nitrogens with zero attached hydrogens (tertiary/aromatic N) is 1. The Morgan fingerprint density at radius 3 is 2.59 bits per heavy atom. The first-order valence-corrected chi connectivity index (χ1v) is 9.83. The van der Waals surface area contributed by atoms with Gasteiger partial charge < -0.3 is 10.1 Å². The van der Waals surface area contributed by atoms with Crippen molar-refractivity contribution >= 4 is 5.91 Å². The normalized spacial score (nSPS) is 15.5. The van der Waals surface area contributed by atoms with Crippen molar-refractivity contribution in [2.75, 3.05) is 13.1 Å². The van der Waals surface area contributed by atoms with E-state index >= 15 is 0 Å². The first-order valence-electron chi connectivity index (χ1n) is 9.83. The molecule has 1 aliphatic heterocycles. The molecular formula is C23H30N2O2. The third-order valence-electron chi connectivity index (χ3n) is 5.07. The average Bonchev–Trinajstić information content (AvgIpc) is 3.15. The van der Waals surface area contributed by atoms with Gasteiger partial charge in [0.15, 0.2) is 6.10 Å². The van der Waals surface area contributed by atoms with E-state index in [9.17, 15) is 4.79 Å². The minimum atomic E-state index is -0.529. The molecule has 1 saturated heterocycles. The van der Waals surface area contributed by atoms with Crippen molar-refractivity contribution in [1.82, 2.24) is 10.2 Å². The van der Waals surface area contributed by atoms with Crippen LogP contribution in [-0.2, 0) is 17.9 Å². The van der Waals surface area contributed by atoms with Crippen LogP contribution >= 0.6 is 0 Å². The van der Waals surface area contributed by atoms with Gasteiger partial charge in [-0.25, -0.2) is 0 Å². The van der Waals surface area contributed by atoms with E-state index in [1.165, 1.54) is 37.1 Å². The molecule has 2 aromatic rings. The zero-order valence-corrected chi connectivity index (χ0v) is 16.6. The van der Waals surface area contributed by atoms with Crippen LogP contribution in [0.5, 0.6) is 5.75 Å². The van der Waals surface area contributed by atoms with Crippen LogP contribution in [0.1, 0.15) is 42.0 Å². The lowest BCUT2D eigenvalue weighted by Crippen LogP contribution is -2.36. The van der Waals surface area contributed by atoms with E-state index in [1.807, 2.05) is 26.0 Å². The summed E-state index contributed by atoms with van der Waals surface area (Å²) in [5, 5.41) is 2.99. The number of carbonyl (C=O) groups excluding carboxylic acids is 1. The molecule has 0 bridgehead atoms. The molecule has 1 amide bonds. The predicted molar refractivity (Wildman–Crippen MR) is 109 cm³/mol. The van der Waals surface area contributed by atoms with Gasteiger partial charge in [-0.15, -0.1) is 0 Å². The Labute approximate surface area is 162 Å². The lowest BCUT2D eigenvalue weighted by Gasteiger charge is -2.17. The second-order valence-corrected chi connectivity index (χ2v) is 7.55. The van der Waals surface area contributed by atoms with Gasteiger partial charge in [0, 0.05) is 13.1 Å². The number of aryl methyl sites for hydroxylation is 2. The van der Waals surface area contributed by atoms with E-state index < -0.39 is 6.10 Å². The Kier molecular flexibility index (Phi) is 6.51. The van der Waals surface area contributed by atoms with Crippen LogP contribution in [-0.4, -0.2) is 30.0 Å². The third-order valence-corrected chi connectivity index (χ3v) is 5.07. The van der Waals surface area contributed by atoms with Crippen LogP contribution in [0.25, 0.3) is 0 Å². The summed E-state index contributed by atoms with van der Waals surface area (Å²) in [7, 11) is 0. The molecule has 1 aliphatic rings. The fourth-order valence-electron chi connectivity index (χ4n) is 3.55. The summed E-state index contributed by atoms with van der Waals surface area (Å²) in [4.78, 5) is 14.9. The molecule has 0 aliphatic carbocycles. The van der Waals surface area contributed by atoms with Crippen molar-refractivity contribution in [3.8, 4) is 5.75 Å². The Morgan fingerprint density at radius 1 is 1.11 bits per heavy atom. The van der Waals surface area contributed by atoms with E-state index in [-0.39, 0.29) is 5.91 Å². The van der Waals surface area contributed by atoms with E-state index in [1.54, 1.807) is 6.92 Å². The molecule has 2 aromatic carbocycles. The van der Waals surface area contributed by atoms with Gasteiger partial charge in [0.1, 0.15) is 5.75 Å². The molecule has 27 heavy (non-hydrogen) atoms. The number of rotatable bonds is 7. The number of ether oxygens (including phenoxy) is 1. The van der Waals surface area contributed by atoms with Gasteiger partial charge in [0.05, 0.1) is 0 Å². The minimum Gasteiger partial charge on any atom is -0.481 e. The van der Waals surface area contributed by atoms with Gasteiger partial charge in [-0.1, -0.05) is 42.0 Å². The highest BCUT2D eigenvalue weighted by Crippen LogP contribution is 2.20. The molecule has 0 radical (unpaired) electrons. The lowest BCUT2D eigenvalue weighted by molar-refractivity contribution is -0.127. The summed E-state index contributed by atoms with van der Waals surface area (Å²) < 4.78 is 5.84. The van der Waals surface area contributed by atoms with Gasteiger partial charge >= 0.3 is 0 Å². The first-order chi connectivity index (χ1) is 13.0. The zero-order valence-electron chi connectivity index (χ0n) is 16.6. The summed E-state index contributed by atoms with van der Waals surface area (Å²) in [6.45, 7) is 9.73. The summed E-state index contributed by atoms with van der Waals surface area (Å²) >= 11 is 0. The number of carbonyl (C=O) groups is 1. The van der Waals surface area contributed by atoms with E-state index in [4.69, 9.17) is 4.74 Å². The van der Waals surface area contributed by atoms with Crippen LogP contribution < -0.4 is 10.1 Å². The van der Waals surface area contributed by atoms with Crippen molar-refractivity contribution in [2.45, 2.75) is 52.8 Å². The molecule has 3 rings (SSSR count). The van der Waals surface area contributed by atoms with Gasteiger partial charge in [0.2, 0.25) is 0 Å². The first kappa shape index (κ1) is 19.4. The average molecular weight is 367 g/mol. The van der Waals surface area contributed by atoms with Crippen molar-refractivity contribution in [3.05, 3.63) is 64.7 Å². The minimum absolute atomic E-state index is 0.0973. The van der Waals surface area contributed by atoms with E-state index in [2.05, 4.69) is 40.5 Å². The zero-order chi connectivity index (χ0) is 19.2. The molecule has 4 heteroatoms. The predicted octanol–water partition coefficient (Wildman–Crippen LogP) is 3.98. The third kappa shape index (κ3) is 5.57. The number of hydrogen-bond acceptors (Lipinski definition) is 3. The fraction of sp³-hybridized carbons (Fsp3) is 0.435. The molecule has 144 valence electrons. The summed E-state index contributed by atoms with van der Waals surface area (Å²) in [5.74, 6) is 0.663. The highest BCUT2D eigenvalue weighted by atomic mass is 16.5. The van der Waals surface area contributed by atoms with E-state index in [0.717, 1.165) is 23.4 Å². The molecule has 1 N–H and O–H groups in total. The Hall–Kier alpha value is -2.33. The van der Waals surface area contributed by atoms with Crippen LogP contribution in [0.15, 0.2) is 42.5 Å². The molecular weight excluding hydrogens is 336 g/mol. The van der Waals surface area contributed by atoms with Crippen molar-refractivity contribution in [1.29, 1.82) is 0 Å². The second kappa shape index (κ2) is 9.05. The Bertz CT molecular complexity index is 782. The number of amides is 1. The van der Waals surface area contributed by atoms with E-state index in [0.29, 0.717) is 6.54 Å². The maximum atomic E-state index is 12.4. The van der Waals surface area contributed by atoms with Crippen LogP contribution in [0.2, 0.25) is 0 Å². The SMILES string of the molecule is Cc1ccc(OC(C)C(=O)NCc2cccc(CN3CCCC3)c2)c(C)c1. The number of likely N-dealkylation sites (tertiary alicyclic amines) is 1. The van der Waals surface area contributed by atoms with Gasteiger partial charge in [0.25, 0.3) is 5.91 Å². The van der Waals surface area contributed by atoms with Crippen LogP contribution in [0.3, 0.4) is 0 Å². The van der Waals surface area contributed by atoms with Gasteiger partial charge in [-0.2, -0.15) is 0 Å². The summed E-state index contributed by atoms with van der Waals surface area (Å²) in [6, 6.07) is 14.5. The molecule has 0 saturated carbocycles. The van der Waals surface area contributed by atoms with Crippen LogP contribution in [0.4, 0.5) is 0 Å². The fourth-order valence-corrected chi connectivity index (χ4v) is 3.55. The molecule has 1 atom stereocenters. The highest BCUT2D eigenvalue weighted by molar-refractivity contribution is 5.80. The quantitative estimate of drug-likeness (QED) is 0.806. The number of benzene rings is 2. The van der Waals surface area contributed by atoms with Crippen LogP contribution in [0, 0.1) is 13.8 Å². The summed E-state index contributed by atoms with van der Waals surface area (Å²) in [5.41, 5.74) is 4.66. The standard InChI is InChI=1S/C23H30N2O2/c1-17-9-10-22(18(2)13-17)27-19(3)23(26)24-15-20-7-6-8-21(14-20)16-25-11-4-5-12-25/h6-10,13-14,19H,4-5,11-12,15-16H2,1-3H3,(H,24,26). The second-order valence-electron chi connectivity index (χ2n) is 7.55. The van der Waals surface area contributed by atoms with Crippen molar-refractivity contribution in [3.63, 3.8) is 0 Å². The molecule has 1 fully saturated rings. The summed E-state index contributed by atoms with van der Waals surface area (Å²) in [6.07, 6.45) is 2.07. The smallest absolute Gasteiger partial charge is 0.261 e.